The highest BCUT2D eigenvalue weighted by atomic mass is 32.2. The summed E-state index contributed by atoms with van der Waals surface area (Å²) in [4.78, 5) is 39.8. The van der Waals surface area contributed by atoms with Gasteiger partial charge in [-0.25, -0.2) is 0 Å². The molecule has 49 heavy (non-hydrogen) atoms. The van der Waals surface area contributed by atoms with Crippen molar-refractivity contribution in [3.63, 3.8) is 0 Å². The molecule has 1 saturated heterocycles. The van der Waals surface area contributed by atoms with Crippen molar-refractivity contribution in [3.05, 3.63) is 29.8 Å². The van der Waals surface area contributed by atoms with E-state index < -0.39 is 11.5 Å². The Morgan fingerprint density at radius 2 is 1.78 bits per heavy atom. The number of fused-ring (bicyclic) bond motifs is 2. The molecule has 6 N–H and O–H groups in total. The molecule has 0 unspecified atom stereocenters. The number of aliphatic hydroxyl groups is 1. The third-order valence-electron chi connectivity index (χ3n) is 12.3. The lowest BCUT2D eigenvalue weighted by Crippen LogP contribution is -2.60. The third-order valence-corrected chi connectivity index (χ3v) is 13.6. The maximum absolute atomic E-state index is 13.7. The Bertz CT molecular complexity index is 1260. The normalized spacial score (nSPS) is 32.2. The largest absolute Gasteiger partial charge is 0.492 e. The van der Waals surface area contributed by atoms with E-state index in [2.05, 4.69) is 33.0 Å². The Morgan fingerprint density at radius 1 is 1.08 bits per heavy atom. The van der Waals surface area contributed by atoms with Gasteiger partial charge in [0.05, 0.1) is 18.4 Å². The number of rotatable bonds is 15. The number of amides is 1. The van der Waals surface area contributed by atoms with E-state index in [1.165, 1.54) is 0 Å². The molecule has 2 aliphatic carbocycles. The molecule has 11 heteroatoms. The van der Waals surface area contributed by atoms with E-state index >= 15 is 0 Å². The molecule has 10 nitrogen and oxygen atoms in total. The predicted molar refractivity (Wildman–Crippen MR) is 195 cm³/mol. The number of likely N-dealkylation sites (tertiary alicyclic amines) is 1. The van der Waals surface area contributed by atoms with E-state index in [0.29, 0.717) is 58.1 Å². The molecule has 1 amide bonds. The van der Waals surface area contributed by atoms with Gasteiger partial charge in [0.1, 0.15) is 24.2 Å². The second kappa shape index (κ2) is 17.4. The minimum absolute atomic E-state index is 0.0266. The number of nitrogens with one attached hydrogen (secondary N) is 1. The number of piperidine rings is 1. The molecule has 1 aromatic carbocycles. The summed E-state index contributed by atoms with van der Waals surface area (Å²) in [7, 11) is 0. The first kappa shape index (κ1) is 39.6. The molecule has 0 aromatic heterocycles. The number of hydrogen-bond donors (Lipinski definition) is 4. The van der Waals surface area contributed by atoms with Gasteiger partial charge in [-0.05, 0) is 86.8 Å². The summed E-state index contributed by atoms with van der Waals surface area (Å²) in [5, 5.41) is 16.2. The number of thioether (sulfide) groups is 1. The van der Waals surface area contributed by atoms with Crippen LogP contribution >= 0.6 is 11.8 Å². The smallest absolute Gasteiger partial charge is 0.316 e. The summed E-state index contributed by atoms with van der Waals surface area (Å²) < 4.78 is 12.2. The molecular weight excluding hydrogens is 641 g/mol. The fraction of sp³-hybridized carbons (Fsp3) is 0.763. The molecule has 2 bridgehead atoms. The molecule has 3 aliphatic rings. The first-order valence-electron chi connectivity index (χ1n) is 18.3. The number of aliphatic hydroxyl groups excluding tert-OH is 1. The highest BCUT2D eigenvalue weighted by molar-refractivity contribution is 8.00. The van der Waals surface area contributed by atoms with Crippen molar-refractivity contribution in [1.82, 2.24) is 10.2 Å². The number of ketones is 1. The van der Waals surface area contributed by atoms with Crippen LogP contribution in [-0.2, 0) is 25.7 Å². The van der Waals surface area contributed by atoms with Crippen LogP contribution < -0.4 is 21.5 Å². The van der Waals surface area contributed by atoms with Gasteiger partial charge in [0.15, 0.2) is 0 Å². The molecule has 1 heterocycles. The third kappa shape index (κ3) is 9.79. The monoisotopic (exact) mass is 702 g/mol. The second-order valence-electron chi connectivity index (χ2n) is 15.7. The first-order valence-corrected chi connectivity index (χ1v) is 19.4. The Morgan fingerprint density at radius 3 is 2.41 bits per heavy atom. The van der Waals surface area contributed by atoms with E-state index in [1.807, 2.05) is 29.2 Å². The molecule has 276 valence electrons. The quantitative estimate of drug-likeness (QED) is 0.194. The minimum atomic E-state index is -0.658. The van der Waals surface area contributed by atoms with Crippen molar-refractivity contribution in [3.8, 4) is 5.75 Å². The number of ether oxygens (including phenoxy) is 2. The standard InChI is InChI=1S/C38H62N4O6S/c1-26-10-14-38(15-11-27(2)43)24-37(26,5)32(48-34(45)23-49-31-12-17-42(18-13-31)33(44)21-40)20-36(4,35(46)28(38)3)25-41-22-29-6-8-30(9-7-29)47-19-16-39/h6-9,26,28,31-32,35,41,46H,10-25,39-40H2,1-5H3/t26-,28+,32-,35+,36-,37+,38-/m1/s1. The zero-order valence-corrected chi connectivity index (χ0v) is 31.3. The number of nitrogens with two attached hydrogens (primary N) is 2. The molecule has 1 aliphatic heterocycles. The van der Waals surface area contributed by atoms with Crippen LogP contribution in [0.25, 0.3) is 0 Å². The highest BCUT2D eigenvalue weighted by Crippen LogP contribution is 2.61. The van der Waals surface area contributed by atoms with Crippen LogP contribution in [0.1, 0.15) is 91.5 Å². The lowest BCUT2D eigenvalue weighted by atomic mass is 9.47. The van der Waals surface area contributed by atoms with E-state index in [-0.39, 0.29) is 58.1 Å². The zero-order chi connectivity index (χ0) is 35.8. The number of carbonyl (C=O) groups excluding carboxylic acids is 3. The van der Waals surface area contributed by atoms with Gasteiger partial charge in [0.2, 0.25) is 5.91 Å². The molecule has 0 spiro atoms. The van der Waals surface area contributed by atoms with Gasteiger partial charge >= 0.3 is 5.97 Å². The molecule has 0 radical (unpaired) electrons. The summed E-state index contributed by atoms with van der Waals surface area (Å²) in [5.41, 5.74) is 11.1. The number of hydrogen-bond acceptors (Lipinski definition) is 10. The molecule has 3 fully saturated rings. The van der Waals surface area contributed by atoms with E-state index in [9.17, 15) is 19.5 Å². The number of nitrogens with zero attached hydrogens (tertiary/aromatic N) is 1. The van der Waals surface area contributed by atoms with Crippen LogP contribution in [0, 0.1) is 28.1 Å². The van der Waals surface area contributed by atoms with Crippen LogP contribution in [0.3, 0.4) is 0 Å². The SMILES string of the molecule is CC(=O)CC[C@]12CC[C@@H](C)[C@](C)(C1)[C@H](OC(=O)CSC1CCN(C(=O)CN)CC1)C[C@](C)(CNCc1ccc(OCCN)cc1)[C@@H](O)[C@@H]2C. The van der Waals surface area contributed by atoms with Crippen molar-refractivity contribution in [2.45, 2.75) is 110 Å². The first-order chi connectivity index (χ1) is 23.2. The van der Waals surface area contributed by atoms with E-state index in [1.54, 1.807) is 18.7 Å². The molecular formula is C38H62N4O6S. The fourth-order valence-electron chi connectivity index (χ4n) is 8.76. The summed E-state index contributed by atoms with van der Waals surface area (Å²) >= 11 is 1.62. The van der Waals surface area contributed by atoms with Crippen molar-refractivity contribution in [2.24, 2.45) is 39.5 Å². The van der Waals surface area contributed by atoms with Crippen LogP contribution in [0.4, 0.5) is 0 Å². The van der Waals surface area contributed by atoms with Crippen molar-refractivity contribution >= 4 is 29.4 Å². The summed E-state index contributed by atoms with van der Waals surface area (Å²) in [6.45, 7) is 14.0. The van der Waals surface area contributed by atoms with E-state index in [0.717, 1.165) is 49.8 Å². The van der Waals surface area contributed by atoms with Crippen molar-refractivity contribution in [1.29, 1.82) is 0 Å². The average Bonchev–Trinajstić information content (AvgIpc) is 3.09. The summed E-state index contributed by atoms with van der Waals surface area (Å²) in [6, 6.07) is 7.95. The predicted octanol–water partition coefficient (Wildman–Crippen LogP) is 4.30. The van der Waals surface area contributed by atoms with Gasteiger partial charge in [-0.3, -0.25) is 9.59 Å². The lowest BCUT2D eigenvalue weighted by Gasteiger charge is -2.60. The topological polar surface area (TPSA) is 157 Å². The Balaban J connectivity index is 1.52. The molecule has 4 rings (SSSR count). The van der Waals surface area contributed by atoms with Crippen LogP contribution in [-0.4, -0.2) is 90.2 Å². The summed E-state index contributed by atoms with van der Waals surface area (Å²) in [5.74, 6) is 1.23. The van der Waals surface area contributed by atoms with Gasteiger partial charge < -0.3 is 41.1 Å². The summed E-state index contributed by atoms with van der Waals surface area (Å²) in [6.07, 6.45) is 5.09. The Kier molecular flexibility index (Phi) is 14.0. The highest BCUT2D eigenvalue weighted by Gasteiger charge is 2.59. The van der Waals surface area contributed by atoms with Crippen LogP contribution in [0.15, 0.2) is 24.3 Å². The molecule has 2 saturated carbocycles. The van der Waals surface area contributed by atoms with Crippen LogP contribution in [0.5, 0.6) is 5.75 Å². The fourth-order valence-corrected chi connectivity index (χ4v) is 9.75. The number of Topliss-reactive ketones (excluding diaryl/α,β-unsaturated/α-hetero) is 1. The number of carbonyl (C=O) groups is 3. The van der Waals surface area contributed by atoms with Crippen LogP contribution in [0.2, 0.25) is 0 Å². The van der Waals surface area contributed by atoms with Gasteiger partial charge in [-0.1, -0.05) is 39.8 Å². The van der Waals surface area contributed by atoms with Crippen molar-refractivity contribution in [2.75, 3.05) is 45.1 Å². The van der Waals surface area contributed by atoms with E-state index in [4.69, 9.17) is 20.9 Å². The number of esters is 1. The Labute approximate surface area is 298 Å². The maximum atomic E-state index is 13.7. The molecule has 7 atom stereocenters. The minimum Gasteiger partial charge on any atom is -0.492 e. The van der Waals surface area contributed by atoms with Gasteiger partial charge in [0, 0.05) is 55.2 Å². The second-order valence-corrected chi connectivity index (χ2v) is 17.0. The number of benzene rings is 1. The van der Waals surface area contributed by atoms with Crippen molar-refractivity contribution < 1.29 is 29.0 Å². The van der Waals surface area contributed by atoms with Gasteiger partial charge in [0.25, 0.3) is 0 Å². The Hall–Kier alpha value is -2.18. The van der Waals surface area contributed by atoms with Gasteiger partial charge in [-0.15, -0.1) is 11.8 Å². The van der Waals surface area contributed by atoms with Gasteiger partial charge in [-0.2, -0.15) is 0 Å². The maximum Gasteiger partial charge on any atom is 0.316 e. The lowest BCUT2D eigenvalue weighted by molar-refractivity contribution is -0.192. The molecule has 1 aromatic rings. The average molecular weight is 703 g/mol. The zero-order valence-electron chi connectivity index (χ0n) is 30.5.